The molecule has 1 heterocycles. The van der Waals surface area contributed by atoms with Crippen molar-refractivity contribution in [2.45, 2.75) is 32.9 Å². The van der Waals surface area contributed by atoms with Gasteiger partial charge in [0.15, 0.2) is 5.96 Å². The fourth-order valence-electron chi connectivity index (χ4n) is 3.09. The van der Waals surface area contributed by atoms with Crippen LogP contribution in [-0.2, 0) is 4.74 Å². The number of aliphatic imine (C=N–C) groups is 1. The van der Waals surface area contributed by atoms with Crippen molar-refractivity contribution < 1.29 is 14.3 Å². The molecule has 2 rings (SSSR count). The monoisotopic (exact) mass is 575 g/mol. The highest BCUT2D eigenvalue weighted by Gasteiger charge is 2.21. The number of nitrogens with one attached hydrogen (secondary N) is 2. The Morgan fingerprint density at radius 3 is 2.66 bits per heavy atom. The third-order valence-corrected chi connectivity index (χ3v) is 6.11. The Morgan fingerprint density at radius 2 is 2.06 bits per heavy atom. The molecule has 10 heteroatoms. The van der Waals surface area contributed by atoms with Gasteiger partial charge < -0.3 is 25.0 Å². The number of hydrogen-bond acceptors (Lipinski definition) is 7. The number of halogens is 1. The van der Waals surface area contributed by atoms with E-state index in [1.807, 2.05) is 46.1 Å². The van der Waals surface area contributed by atoms with Crippen molar-refractivity contribution in [2.75, 3.05) is 41.4 Å². The van der Waals surface area contributed by atoms with Crippen LogP contribution in [0, 0.1) is 6.92 Å². The second kappa shape index (κ2) is 13.6. The predicted octanol–water partition coefficient (Wildman–Crippen LogP) is 3.78. The number of nitrogens with zero attached hydrogens (tertiary/aromatic N) is 3. The van der Waals surface area contributed by atoms with Gasteiger partial charge in [-0.05, 0) is 52.6 Å². The molecule has 0 aliphatic rings. The highest BCUT2D eigenvalue weighted by Crippen LogP contribution is 2.25. The number of ether oxygens (including phenoxy) is 2. The molecular weight excluding hydrogens is 541 g/mol. The van der Waals surface area contributed by atoms with Crippen molar-refractivity contribution in [3.8, 4) is 5.75 Å². The Bertz CT molecular complexity index is 903. The predicted molar refractivity (Wildman–Crippen MR) is 141 cm³/mol. The zero-order valence-electron chi connectivity index (χ0n) is 19.8. The summed E-state index contributed by atoms with van der Waals surface area (Å²) in [6.45, 7) is 6.60. The first-order chi connectivity index (χ1) is 14.8. The molecular formula is C22H34IN5O3S. The molecule has 178 valence electrons. The fourth-order valence-corrected chi connectivity index (χ4v) is 4.05. The molecule has 0 saturated heterocycles. The van der Waals surface area contributed by atoms with Gasteiger partial charge in [-0.25, -0.2) is 9.78 Å². The lowest BCUT2D eigenvalue weighted by Crippen LogP contribution is -2.42. The van der Waals surface area contributed by atoms with Crippen molar-refractivity contribution in [3.05, 3.63) is 45.4 Å². The Labute approximate surface area is 211 Å². The van der Waals surface area contributed by atoms with Crippen molar-refractivity contribution >= 4 is 47.2 Å². The molecule has 0 aliphatic carbocycles. The van der Waals surface area contributed by atoms with Crippen LogP contribution >= 0.6 is 35.3 Å². The van der Waals surface area contributed by atoms with Crippen LogP contribution in [0.25, 0.3) is 0 Å². The summed E-state index contributed by atoms with van der Waals surface area (Å²) < 4.78 is 10.5. The number of methoxy groups -OCH3 is 1. The number of likely N-dealkylation sites (N-methyl/N-ethyl adjacent to an activating group) is 1. The molecule has 0 fully saturated rings. The maximum atomic E-state index is 12.1. The highest BCUT2D eigenvalue weighted by atomic mass is 127. The van der Waals surface area contributed by atoms with E-state index in [2.05, 4.69) is 31.6 Å². The first-order valence-corrected chi connectivity index (χ1v) is 11.0. The lowest BCUT2D eigenvalue weighted by Gasteiger charge is -2.27. The van der Waals surface area contributed by atoms with E-state index in [4.69, 9.17) is 9.47 Å². The number of carbonyl (C=O) groups excluding carboxylic acids is 1. The van der Waals surface area contributed by atoms with E-state index in [1.54, 1.807) is 21.1 Å². The van der Waals surface area contributed by atoms with Gasteiger partial charge in [-0.3, -0.25) is 4.99 Å². The van der Waals surface area contributed by atoms with E-state index in [-0.39, 0.29) is 42.0 Å². The fraction of sp³-hybridized carbons (Fsp3) is 0.500. The number of rotatable bonds is 9. The van der Waals surface area contributed by atoms with Gasteiger partial charge >= 0.3 is 5.97 Å². The Balaban J connectivity index is 0.00000512. The SMILES string of the molecule is CCOC(=O)c1sc(C(C)NC(=NC)NCC(c2cccc(OC)c2)N(C)C)nc1C.I. The summed E-state index contributed by atoms with van der Waals surface area (Å²) in [6.07, 6.45) is 0. The molecule has 2 atom stereocenters. The van der Waals surface area contributed by atoms with E-state index in [1.165, 1.54) is 11.3 Å². The number of aromatic nitrogens is 1. The molecule has 0 bridgehead atoms. The average Bonchev–Trinajstić information content (AvgIpc) is 3.15. The standard InChI is InChI=1S/C22H33N5O3S.HI/c1-8-30-21(28)19-14(2)25-20(31-19)15(3)26-22(23-4)24-13-18(27(5)6)16-10-9-11-17(12-16)29-7;/h9-12,15,18H,8,13H2,1-7H3,(H2,23,24,26);1H. The summed E-state index contributed by atoms with van der Waals surface area (Å²) in [6, 6.07) is 8.07. The van der Waals surface area contributed by atoms with Gasteiger partial charge in [0.2, 0.25) is 0 Å². The van der Waals surface area contributed by atoms with Gasteiger partial charge in [0.05, 0.1) is 31.5 Å². The minimum atomic E-state index is -0.328. The van der Waals surface area contributed by atoms with E-state index < -0.39 is 0 Å². The summed E-state index contributed by atoms with van der Waals surface area (Å²) in [7, 11) is 7.48. The van der Waals surface area contributed by atoms with Crippen LogP contribution < -0.4 is 15.4 Å². The Hall–Kier alpha value is -1.92. The molecule has 8 nitrogen and oxygen atoms in total. The van der Waals surface area contributed by atoms with Crippen LogP contribution in [0.5, 0.6) is 5.75 Å². The van der Waals surface area contributed by atoms with Crippen LogP contribution in [0.4, 0.5) is 0 Å². The highest BCUT2D eigenvalue weighted by molar-refractivity contribution is 14.0. The molecule has 2 unspecified atom stereocenters. The second-order valence-corrected chi connectivity index (χ2v) is 8.29. The number of guanidine groups is 1. The summed E-state index contributed by atoms with van der Waals surface area (Å²) in [5.41, 5.74) is 1.83. The Morgan fingerprint density at radius 1 is 1.34 bits per heavy atom. The second-order valence-electron chi connectivity index (χ2n) is 7.26. The topological polar surface area (TPSA) is 88.1 Å². The zero-order valence-corrected chi connectivity index (χ0v) is 22.9. The van der Waals surface area contributed by atoms with Gasteiger partial charge in [-0.2, -0.15) is 0 Å². The summed E-state index contributed by atoms with van der Waals surface area (Å²) in [4.78, 5) is 23.7. The number of carbonyl (C=O) groups is 1. The first kappa shape index (κ1) is 28.1. The van der Waals surface area contributed by atoms with Gasteiger partial charge in [-0.15, -0.1) is 35.3 Å². The lowest BCUT2D eigenvalue weighted by atomic mass is 10.1. The quantitative estimate of drug-likeness (QED) is 0.204. The molecule has 2 aromatic rings. The third kappa shape index (κ3) is 7.59. The maximum absolute atomic E-state index is 12.1. The lowest BCUT2D eigenvalue weighted by molar-refractivity contribution is 0.0531. The van der Waals surface area contributed by atoms with Gasteiger partial charge in [0.25, 0.3) is 0 Å². The van der Waals surface area contributed by atoms with E-state index in [9.17, 15) is 4.79 Å². The number of esters is 1. The van der Waals surface area contributed by atoms with Crippen LogP contribution in [0.1, 0.15) is 51.9 Å². The minimum absolute atomic E-state index is 0. The summed E-state index contributed by atoms with van der Waals surface area (Å²) in [5.74, 6) is 1.16. The molecule has 0 radical (unpaired) electrons. The Kier molecular flexibility index (Phi) is 11.9. The molecule has 0 aliphatic heterocycles. The number of thiazole rings is 1. The molecule has 1 aromatic carbocycles. The van der Waals surface area contributed by atoms with Crippen molar-refractivity contribution in [1.82, 2.24) is 20.5 Å². The number of hydrogen-bond donors (Lipinski definition) is 2. The van der Waals surface area contributed by atoms with E-state index in [0.717, 1.165) is 16.3 Å². The normalized spacial score (nSPS) is 13.2. The van der Waals surface area contributed by atoms with Crippen LogP contribution in [-0.4, -0.2) is 63.2 Å². The number of aryl methyl sites for hydroxylation is 1. The van der Waals surface area contributed by atoms with Crippen LogP contribution in [0.15, 0.2) is 29.3 Å². The molecule has 0 amide bonds. The van der Waals surface area contributed by atoms with Crippen molar-refractivity contribution in [1.29, 1.82) is 0 Å². The third-order valence-electron chi connectivity index (χ3n) is 4.79. The van der Waals surface area contributed by atoms with Gasteiger partial charge in [0, 0.05) is 13.6 Å². The smallest absolute Gasteiger partial charge is 0.350 e. The number of benzene rings is 1. The summed E-state index contributed by atoms with van der Waals surface area (Å²) >= 11 is 1.35. The van der Waals surface area contributed by atoms with Crippen molar-refractivity contribution in [2.24, 2.45) is 4.99 Å². The van der Waals surface area contributed by atoms with Gasteiger partial charge in [-0.1, -0.05) is 12.1 Å². The maximum Gasteiger partial charge on any atom is 0.350 e. The van der Waals surface area contributed by atoms with E-state index >= 15 is 0 Å². The molecule has 1 aromatic heterocycles. The van der Waals surface area contributed by atoms with Crippen LogP contribution in [0.3, 0.4) is 0 Å². The molecule has 0 spiro atoms. The van der Waals surface area contributed by atoms with E-state index in [0.29, 0.717) is 29.7 Å². The van der Waals surface area contributed by atoms with Gasteiger partial charge in [0.1, 0.15) is 15.6 Å². The zero-order chi connectivity index (χ0) is 23.0. The molecule has 0 saturated carbocycles. The minimum Gasteiger partial charge on any atom is -0.497 e. The largest absolute Gasteiger partial charge is 0.497 e. The first-order valence-electron chi connectivity index (χ1n) is 10.2. The van der Waals surface area contributed by atoms with Crippen LogP contribution in [0.2, 0.25) is 0 Å². The molecule has 2 N–H and O–H groups in total. The van der Waals surface area contributed by atoms with Crippen molar-refractivity contribution in [3.63, 3.8) is 0 Å². The summed E-state index contributed by atoms with van der Waals surface area (Å²) in [5, 5.41) is 7.55. The molecule has 32 heavy (non-hydrogen) atoms. The average molecular weight is 576 g/mol.